The van der Waals surface area contributed by atoms with Gasteiger partial charge >= 0.3 is 0 Å². The summed E-state index contributed by atoms with van der Waals surface area (Å²) in [5.41, 5.74) is 4.45. The van der Waals surface area contributed by atoms with Crippen LogP contribution in [0.2, 0.25) is 0 Å². The zero-order valence-electron chi connectivity index (χ0n) is 13.9. The van der Waals surface area contributed by atoms with Crippen molar-refractivity contribution >= 4 is 5.91 Å². The van der Waals surface area contributed by atoms with Crippen LogP contribution in [-0.4, -0.2) is 5.91 Å². The zero-order chi connectivity index (χ0) is 17.6. The predicted octanol–water partition coefficient (Wildman–Crippen LogP) is 4.72. The van der Waals surface area contributed by atoms with Crippen LogP contribution < -0.4 is 5.32 Å². The average molecular weight is 326 g/mol. The Morgan fingerprint density at radius 2 is 1.48 bits per heavy atom. The first-order valence-corrected chi connectivity index (χ1v) is 8.14. The summed E-state index contributed by atoms with van der Waals surface area (Å²) in [5, 5.41) is 11.8. The standard InChI is InChI=1S/C22H18N2O/c1-16(24-22(25)21-9-7-17(15-23)8-10-21)18-11-13-20(14-12-18)19-5-3-2-4-6-19/h2-14,16H,1H3,(H,24,25)/t16-/m1/s1. The van der Waals surface area contributed by atoms with Gasteiger partial charge in [0, 0.05) is 5.56 Å². The van der Waals surface area contributed by atoms with Gasteiger partial charge in [-0.15, -0.1) is 0 Å². The molecular weight excluding hydrogens is 308 g/mol. The number of hydrogen-bond donors (Lipinski definition) is 1. The Hall–Kier alpha value is -3.38. The highest BCUT2D eigenvalue weighted by molar-refractivity contribution is 5.94. The second kappa shape index (κ2) is 7.46. The molecule has 1 amide bonds. The topological polar surface area (TPSA) is 52.9 Å². The summed E-state index contributed by atoms with van der Waals surface area (Å²) < 4.78 is 0. The molecule has 3 rings (SSSR count). The highest BCUT2D eigenvalue weighted by Gasteiger charge is 2.11. The number of rotatable bonds is 4. The summed E-state index contributed by atoms with van der Waals surface area (Å²) in [5.74, 6) is -0.149. The molecule has 3 aromatic carbocycles. The lowest BCUT2D eigenvalue weighted by Crippen LogP contribution is -2.26. The lowest BCUT2D eigenvalue weighted by molar-refractivity contribution is 0.0940. The van der Waals surface area contributed by atoms with Gasteiger partial charge in [-0.2, -0.15) is 5.26 Å². The highest BCUT2D eigenvalue weighted by Crippen LogP contribution is 2.22. The lowest BCUT2D eigenvalue weighted by atomic mass is 10.0. The molecule has 1 atom stereocenters. The van der Waals surface area contributed by atoms with Crippen LogP contribution in [0.4, 0.5) is 0 Å². The van der Waals surface area contributed by atoms with Crippen molar-refractivity contribution in [1.82, 2.24) is 5.32 Å². The molecule has 0 saturated heterocycles. The molecule has 0 aliphatic carbocycles. The zero-order valence-corrected chi connectivity index (χ0v) is 13.9. The maximum Gasteiger partial charge on any atom is 0.251 e. The molecule has 0 aliphatic rings. The fourth-order valence-corrected chi connectivity index (χ4v) is 2.65. The molecule has 0 aromatic heterocycles. The van der Waals surface area contributed by atoms with E-state index in [0.29, 0.717) is 11.1 Å². The van der Waals surface area contributed by atoms with Gasteiger partial charge < -0.3 is 5.32 Å². The third kappa shape index (κ3) is 3.94. The van der Waals surface area contributed by atoms with Crippen molar-refractivity contribution in [2.75, 3.05) is 0 Å². The van der Waals surface area contributed by atoms with Gasteiger partial charge in [0.1, 0.15) is 0 Å². The Morgan fingerprint density at radius 1 is 0.880 bits per heavy atom. The number of carbonyl (C=O) groups excluding carboxylic acids is 1. The monoisotopic (exact) mass is 326 g/mol. The summed E-state index contributed by atoms with van der Waals surface area (Å²) in [6.45, 7) is 1.96. The molecule has 3 heteroatoms. The molecule has 3 nitrogen and oxygen atoms in total. The van der Waals surface area contributed by atoms with E-state index < -0.39 is 0 Å². The van der Waals surface area contributed by atoms with Crippen LogP contribution in [0.5, 0.6) is 0 Å². The van der Waals surface area contributed by atoms with E-state index in [2.05, 4.69) is 29.6 Å². The Kier molecular flexibility index (Phi) is 4.92. The summed E-state index contributed by atoms with van der Waals surface area (Å²) in [4.78, 5) is 12.3. The minimum atomic E-state index is -0.149. The van der Waals surface area contributed by atoms with Gasteiger partial charge in [0.2, 0.25) is 0 Å². The first-order valence-electron chi connectivity index (χ1n) is 8.14. The highest BCUT2D eigenvalue weighted by atomic mass is 16.1. The van der Waals surface area contributed by atoms with Gasteiger partial charge in [-0.25, -0.2) is 0 Å². The smallest absolute Gasteiger partial charge is 0.251 e. The van der Waals surface area contributed by atoms with Gasteiger partial charge in [0.05, 0.1) is 17.7 Å². The van der Waals surface area contributed by atoms with Crippen LogP contribution in [0, 0.1) is 11.3 Å². The fraction of sp³-hybridized carbons (Fsp3) is 0.0909. The number of nitrogens with zero attached hydrogens (tertiary/aromatic N) is 1. The van der Waals surface area contributed by atoms with Crippen molar-refractivity contribution in [1.29, 1.82) is 5.26 Å². The van der Waals surface area contributed by atoms with E-state index in [9.17, 15) is 4.79 Å². The van der Waals surface area contributed by atoms with Crippen molar-refractivity contribution in [3.63, 3.8) is 0 Å². The molecule has 0 bridgehead atoms. The molecule has 122 valence electrons. The quantitative estimate of drug-likeness (QED) is 0.754. The van der Waals surface area contributed by atoms with Crippen LogP contribution in [0.25, 0.3) is 11.1 Å². The number of hydrogen-bond acceptors (Lipinski definition) is 2. The van der Waals surface area contributed by atoms with E-state index >= 15 is 0 Å². The molecule has 0 fully saturated rings. The first-order chi connectivity index (χ1) is 12.2. The van der Waals surface area contributed by atoms with Gasteiger partial charge in [0.15, 0.2) is 0 Å². The summed E-state index contributed by atoms with van der Waals surface area (Å²) in [6.07, 6.45) is 0. The Balaban J connectivity index is 1.69. The first kappa shape index (κ1) is 16.5. The van der Waals surface area contributed by atoms with Crippen LogP contribution in [0.1, 0.15) is 34.5 Å². The van der Waals surface area contributed by atoms with Crippen LogP contribution in [-0.2, 0) is 0 Å². The molecule has 0 aliphatic heterocycles. The van der Waals surface area contributed by atoms with Crippen LogP contribution in [0.15, 0.2) is 78.9 Å². The molecule has 0 radical (unpaired) electrons. The minimum absolute atomic E-state index is 0.104. The number of nitriles is 1. The predicted molar refractivity (Wildman–Crippen MR) is 98.9 cm³/mol. The maximum atomic E-state index is 12.3. The number of carbonyl (C=O) groups is 1. The molecule has 25 heavy (non-hydrogen) atoms. The van der Waals surface area contributed by atoms with Gasteiger partial charge in [-0.1, -0.05) is 54.6 Å². The maximum absolute atomic E-state index is 12.3. The molecule has 0 heterocycles. The number of amides is 1. The lowest BCUT2D eigenvalue weighted by Gasteiger charge is -2.15. The summed E-state index contributed by atoms with van der Waals surface area (Å²) in [6, 6.07) is 26.9. The van der Waals surface area contributed by atoms with Crippen LogP contribution in [0.3, 0.4) is 0 Å². The summed E-state index contributed by atoms with van der Waals surface area (Å²) in [7, 11) is 0. The van der Waals surface area contributed by atoms with Crippen molar-refractivity contribution in [3.05, 3.63) is 95.6 Å². The molecule has 0 unspecified atom stereocenters. The van der Waals surface area contributed by atoms with Crippen LogP contribution >= 0.6 is 0 Å². The van der Waals surface area contributed by atoms with Gasteiger partial charge in [-0.05, 0) is 47.9 Å². The summed E-state index contributed by atoms with van der Waals surface area (Å²) >= 11 is 0. The number of benzene rings is 3. The number of nitrogens with one attached hydrogen (secondary N) is 1. The molecule has 3 aromatic rings. The third-order valence-electron chi connectivity index (χ3n) is 4.14. The largest absolute Gasteiger partial charge is 0.346 e. The van der Waals surface area contributed by atoms with E-state index in [1.54, 1.807) is 24.3 Å². The minimum Gasteiger partial charge on any atom is -0.346 e. The average Bonchev–Trinajstić information content (AvgIpc) is 2.68. The van der Waals surface area contributed by atoms with Gasteiger partial charge in [0.25, 0.3) is 5.91 Å². The van der Waals surface area contributed by atoms with Gasteiger partial charge in [-0.3, -0.25) is 4.79 Å². The Morgan fingerprint density at radius 3 is 2.08 bits per heavy atom. The van der Waals surface area contributed by atoms with E-state index in [0.717, 1.165) is 11.1 Å². The van der Waals surface area contributed by atoms with Crippen molar-refractivity contribution in [2.45, 2.75) is 13.0 Å². The second-order valence-corrected chi connectivity index (χ2v) is 5.87. The fourth-order valence-electron chi connectivity index (χ4n) is 2.65. The van der Waals surface area contributed by atoms with E-state index in [1.165, 1.54) is 5.56 Å². The molecule has 0 spiro atoms. The SMILES string of the molecule is C[C@@H](NC(=O)c1ccc(C#N)cc1)c1ccc(-c2ccccc2)cc1. The van der Waals surface area contributed by atoms with E-state index in [-0.39, 0.29) is 11.9 Å². The van der Waals surface area contributed by atoms with E-state index in [4.69, 9.17) is 5.26 Å². The van der Waals surface area contributed by atoms with Crippen molar-refractivity contribution < 1.29 is 4.79 Å². The Bertz CT molecular complexity index is 892. The normalized spacial score (nSPS) is 11.4. The molecule has 1 N–H and O–H groups in total. The third-order valence-corrected chi connectivity index (χ3v) is 4.14. The van der Waals surface area contributed by atoms with Crippen molar-refractivity contribution in [2.24, 2.45) is 0 Å². The van der Waals surface area contributed by atoms with Crippen molar-refractivity contribution in [3.8, 4) is 17.2 Å². The molecule has 0 saturated carbocycles. The second-order valence-electron chi connectivity index (χ2n) is 5.87. The molecular formula is C22H18N2O. The van der Waals surface area contributed by atoms with E-state index in [1.807, 2.05) is 43.3 Å². The Labute approximate surface area is 147 Å².